The van der Waals surface area contributed by atoms with Gasteiger partial charge in [0.25, 0.3) is 0 Å². The van der Waals surface area contributed by atoms with Gasteiger partial charge in [0, 0.05) is 6.07 Å². The molecular formula is C9H8F4N2O2. The van der Waals surface area contributed by atoms with Crippen molar-refractivity contribution < 1.29 is 27.1 Å². The molecular weight excluding hydrogens is 244 g/mol. The molecule has 1 rings (SSSR count). The molecule has 0 aromatic carbocycles. The first-order valence-corrected chi connectivity index (χ1v) is 4.47. The van der Waals surface area contributed by atoms with Gasteiger partial charge in [-0.1, -0.05) is 0 Å². The summed E-state index contributed by atoms with van der Waals surface area (Å²) in [6.07, 6.45) is -4.83. The minimum absolute atomic E-state index is 0.0568. The summed E-state index contributed by atoms with van der Waals surface area (Å²) in [5, 5.41) is 0. The largest absolute Gasteiger partial charge is 0.462 e. The maximum absolute atomic E-state index is 13.3. The van der Waals surface area contributed by atoms with E-state index in [9.17, 15) is 22.4 Å². The number of carbonyl (C=O) groups is 1. The highest BCUT2D eigenvalue weighted by Crippen LogP contribution is 2.30. The molecule has 2 N–H and O–H groups in total. The predicted molar refractivity (Wildman–Crippen MR) is 49.6 cm³/mol. The summed E-state index contributed by atoms with van der Waals surface area (Å²) in [6.45, 7) is 1.41. The number of pyridine rings is 1. The van der Waals surface area contributed by atoms with Gasteiger partial charge in [0.2, 0.25) is 0 Å². The van der Waals surface area contributed by atoms with Crippen LogP contribution in [0.4, 0.5) is 23.4 Å². The Morgan fingerprint density at radius 2 is 2.12 bits per heavy atom. The van der Waals surface area contributed by atoms with E-state index >= 15 is 0 Å². The lowest BCUT2D eigenvalue weighted by Crippen LogP contribution is -2.16. The first-order valence-electron chi connectivity index (χ1n) is 4.47. The quantitative estimate of drug-likeness (QED) is 0.645. The van der Waals surface area contributed by atoms with E-state index < -0.39 is 35.0 Å². The molecule has 4 nitrogen and oxygen atoms in total. The SMILES string of the molecule is CCOC(=O)c1c(F)cc(C(F)(F)F)nc1N. The molecule has 0 radical (unpaired) electrons. The number of ether oxygens (including phenoxy) is 1. The molecule has 0 amide bonds. The van der Waals surface area contributed by atoms with Crippen LogP contribution in [-0.2, 0) is 10.9 Å². The fourth-order valence-electron chi connectivity index (χ4n) is 1.08. The van der Waals surface area contributed by atoms with E-state index in [-0.39, 0.29) is 12.7 Å². The Labute approximate surface area is 93.4 Å². The number of nitrogens with zero attached hydrogens (tertiary/aromatic N) is 1. The van der Waals surface area contributed by atoms with Crippen molar-refractivity contribution in [3.05, 3.63) is 23.1 Å². The molecule has 0 aliphatic carbocycles. The normalized spacial score (nSPS) is 11.4. The topological polar surface area (TPSA) is 65.2 Å². The van der Waals surface area contributed by atoms with E-state index in [4.69, 9.17) is 5.73 Å². The van der Waals surface area contributed by atoms with Crippen LogP contribution in [0.5, 0.6) is 0 Å². The number of hydrogen-bond acceptors (Lipinski definition) is 4. The number of nitrogens with two attached hydrogens (primary N) is 1. The third-order valence-electron chi connectivity index (χ3n) is 1.77. The van der Waals surface area contributed by atoms with Crippen LogP contribution in [0.1, 0.15) is 23.0 Å². The Bertz CT molecular complexity index is 422. The van der Waals surface area contributed by atoms with Crippen LogP contribution < -0.4 is 5.73 Å². The van der Waals surface area contributed by atoms with Crippen LogP contribution >= 0.6 is 0 Å². The van der Waals surface area contributed by atoms with Crippen LogP contribution in [-0.4, -0.2) is 17.6 Å². The molecule has 0 spiro atoms. The van der Waals surface area contributed by atoms with Gasteiger partial charge in [0.15, 0.2) is 0 Å². The van der Waals surface area contributed by atoms with E-state index in [0.29, 0.717) is 0 Å². The summed E-state index contributed by atoms with van der Waals surface area (Å²) in [7, 11) is 0. The van der Waals surface area contributed by atoms with Crippen molar-refractivity contribution >= 4 is 11.8 Å². The number of esters is 1. The lowest BCUT2D eigenvalue weighted by Gasteiger charge is -2.10. The fourth-order valence-corrected chi connectivity index (χ4v) is 1.08. The summed E-state index contributed by atoms with van der Waals surface area (Å²) < 4.78 is 54.4. The third kappa shape index (κ3) is 2.83. The zero-order chi connectivity index (χ0) is 13.2. The first kappa shape index (κ1) is 13.2. The number of alkyl halides is 3. The molecule has 0 saturated heterocycles. The predicted octanol–water partition coefficient (Wildman–Crippen LogP) is 2.00. The van der Waals surface area contributed by atoms with E-state index in [0.717, 1.165) is 0 Å². The van der Waals surface area contributed by atoms with Crippen molar-refractivity contribution in [1.29, 1.82) is 0 Å². The van der Waals surface area contributed by atoms with Crippen molar-refractivity contribution in [2.45, 2.75) is 13.1 Å². The van der Waals surface area contributed by atoms with Crippen molar-refractivity contribution in [1.82, 2.24) is 4.98 Å². The molecule has 1 aromatic heterocycles. The van der Waals surface area contributed by atoms with E-state index in [1.165, 1.54) is 6.92 Å². The maximum Gasteiger partial charge on any atom is 0.433 e. The second kappa shape index (κ2) is 4.56. The minimum atomic E-state index is -4.83. The summed E-state index contributed by atoms with van der Waals surface area (Å²) in [5.41, 5.74) is 2.81. The van der Waals surface area contributed by atoms with E-state index in [1.807, 2.05) is 0 Å². The van der Waals surface area contributed by atoms with Gasteiger partial charge in [-0.3, -0.25) is 0 Å². The zero-order valence-corrected chi connectivity index (χ0v) is 8.64. The molecule has 0 fully saturated rings. The van der Waals surface area contributed by atoms with Crippen molar-refractivity contribution in [3.63, 3.8) is 0 Å². The summed E-state index contributed by atoms with van der Waals surface area (Å²) in [4.78, 5) is 14.1. The van der Waals surface area contributed by atoms with Gasteiger partial charge in [-0.05, 0) is 6.92 Å². The van der Waals surface area contributed by atoms with Gasteiger partial charge in [0.05, 0.1) is 6.61 Å². The second-order valence-electron chi connectivity index (χ2n) is 2.97. The smallest absolute Gasteiger partial charge is 0.433 e. The average molecular weight is 252 g/mol. The Morgan fingerprint density at radius 3 is 2.53 bits per heavy atom. The van der Waals surface area contributed by atoms with E-state index in [2.05, 4.69) is 9.72 Å². The molecule has 0 atom stereocenters. The molecule has 0 bridgehead atoms. The van der Waals surface area contributed by atoms with Crippen LogP contribution in [0, 0.1) is 5.82 Å². The molecule has 0 aliphatic heterocycles. The summed E-state index contributed by atoms with van der Waals surface area (Å²) >= 11 is 0. The Morgan fingerprint density at radius 1 is 1.53 bits per heavy atom. The number of hydrogen-bond donors (Lipinski definition) is 1. The lowest BCUT2D eigenvalue weighted by atomic mass is 10.2. The number of carbonyl (C=O) groups excluding carboxylic acids is 1. The van der Waals surface area contributed by atoms with Crippen LogP contribution in [0.3, 0.4) is 0 Å². The average Bonchev–Trinajstić information content (AvgIpc) is 2.15. The van der Waals surface area contributed by atoms with Gasteiger partial charge in [-0.25, -0.2) is 14.2 Å². The highest BCUT2D eigenvalue weighted by molar-refractivity contribution is 5.94. The molecule has 94 valence electrons. The van der Waals surface area contributed by atoms with Gasteiger partial charge in [-0.15, -0.1) is 0 Å². The standard InChI is InChI=1S/C9H8F4N2O2/c1-2-17-8(16)6-4(10)3-5(9(11,12)13)15-7(6)14/h3H,2H2,1H3,(H2,14,15). The maximum atomic E-state index is 13.3. The summed E-state index contributed by atoms with van der Waals surface area (Å²) in [5.74, 6) is -3.41. The molecule has 0 aliphatic rings. The second-order valence-corrected chi connectivity index (χ2v) is 2.97. The van der Waals surface area contributed by atoms with Gasteiger partial charge in [0.1, 0.15) is 22.9 Å². The number of rotatable bonds is 2. The van der Waals surface area contributed by atoms with Crippen molar-refractivity contribution in [3.8, 4) is 0 Å². The fraction of sp³-hybridized carbons (Fsp3) is 0.333. The molecule has 1 heterocycles. The highest BCUT2D eigenvalue weighted by atomic mass is 19.4. The van der Waals surface area contributed by atoms with Crippen molar-refractivity contribution in [2.24, 2.45) is 0 Å². The molecule has 0 saturated carbocycles. The highest BCUT2D eigenvalue weighted by Gasteiger charge is 2.35. The lowest BCUT2D eigenvalue weighted by molar-refractivity contribution is -0.141. The molecule has 0 unspecified atom stereocenters. The van der Waals surface area contributed by atoms with Gasteiger partial charge >= 0.3 is 12.1 Å². The number of aromatic nitrogens is 1. The monoisotopic (exact) mass is 252 g/mol. The number of halogens is 4. The zero-order valence-electron chi connectivity index (χ0n) is 8.64. The summed E-state index contributed by atoms with van der Waals surface area (Å²) in [6, 6.07) is 0.0998. The Hall–Kier alpha value is -1.86. The Balaban J connectivity index is 3.25. The number of anilines is 1. The minimum Gasteiger partial charge on any atom is -0.462 e. The first-order chi connectivity index (χ1) is 7.77. The van der Waals surface area contributed by atoms with E-state index in [1.54, 1.807) is 0 Å². The van der Waals surface area contributed by atoms with Gasteiger partial charge < -0.3 is 10.5 Å². The van der Waals surface area contributed by atoms with Gasteiger partial charge in [-0.2, -0.15) is 13.2 Å². The third-order valence-corrected chi connectivity index (χ3v) is 1.77. The van der Waals surface area contributed by atoms with Crippen LogP contribution in [0.2, 0.25) is 0 Å². The number of nitrogen functional groups attached to an aromatic ring is 1. The van der Waals surface area contributed by atoms with Crippen LogP contribution in [0.25, 0.3) is 0 Å². The molecule has 1 aromatic rings. The molecule has 17 heavy (non-hydrogen) atoms. The Kier molecular flexibility index (Phi) is 3.54. The van der Waals surface area contributed by atoms with Crippen molar-refractivity contribution in [2.75, 3.05) is 12.3 Å². The van der Waals surface area contributed by atoms with Crippen LogP contribution in [0.15, 0.2) is 6.07 Å². The molecule has 8 heteroatoms.